The number of amides is 1. The van der Waals surface area contributed by atoms with Gasteiger partial charge < -0.3 is 14.2 Å². The van der Waals surface area contributed by atoms with Crippen LogP contribution in [0.25, 0.3) is 31.7 Å². The smallest absolute Gasteiger partial charge is 0.412 e. The minimum Gasteiger partial charge on any atom is -0.495 e. The number of nitrogens with zero attached hydrogens (tertiary/aromatic N) is 3. The second-order valence-electron chi connectivity index (χ2n) is 8.57. The number of anilines is 1. The van der Waals surface area contributed by atoms with Gasteiger partial charge in [0.05, 0.1) is 35.4 Å². The van der Waals surface area contributed by atoms with E-state index in [0.717, 1.165) is 5.39 Å². The summed E-state index contributed by atoms with van der Waals surface area (Å²) in [5.41, 5.74) is 2.11. The third-order valence-corrected chi connectivity index (χ3v) is 7.50. The highest BCUT2D eigenvalue weighted by molar-refractivity contribution is 7.21. The average Bonchev–Trinajstić information content (AvgIpc) is 3.35. The van der Waals surface area contributed by atoms with Crippen molar-refractivity contribution < 1.29 is 23.4 Å². The van der Waals surface area contributed by atoms with Crippen LogP contribution in [-0.4, -0.2) is 40.4 Å². The fourth-order valence-electron chi connectivity index (χ4n) is 3.80. The fraction of sp³-hybridized carbons (Fsp3) is 0.185. The van der Waals surface area contributed by atoms with Crippen molar-refractivity contribution in [3.63, 3.8) is 0 Å². The zero-order valence-electron chi connectivity index (χ0n) is 20.9. The molecule has 0 saturated carbocycles. The molecule has 0 unspecified atom stereocenters. The number of methoxy groups -OCH3 is 1. The van der Waals surface area contributed by atoms with Gasteiger partial charge in [-0.2, -0.15) is 0 Å². The Kier molecular flexibility index (Phi) is 7.69. The van der Waals surface area contributed by atoms with E-state index in [1.54, 1.807) is 57.6 Å². The summed E-state index contributed by atoms with van der Waals surface area (Å²) in [4.78, 5) is 25.3. The Morgan fingerprint density at radius 2 is 1.92 bits per heavy atom. The van der Waals surface area contributed by atoms with Gasteiger partial charge in [-0.3, -0.25) is 15.3 Å². The van der Waals surface area contributed by atoms with Crippen LogP contribution < -0.4 is 14.8 Å². The van der Waals surface area contributed by atoms with Gasteiger partial charge in [0.15, 0.2) is 11.6 Å². The maximum absolute atomic E-state index is 15.3. The molecule has 0 aliphatic heterocycles. The molecule has 5 rings (SSSR count). The van der Waals surface area contributed by atoms with Gasteiger partial charge in [0.25, 0.3) is 0 Å². The summed E-state index contributed by atoms with van der Waals surface area (Å²) in [7, 11) is 1.56. The zero-order valence-corrected chi connectivity index (χ0v) is 23.2. The van der Waals surface area contributed by atoms with Crippen molar-refractivity contribution in [3.8, 4) is 22.1 Å². The molecule has 200 valence electrons. The van der Waals surface area contributed by atoms with E-state index < -0.39 is 24.1 Å². The van der Waals surface area contributed by atoms with Crippen LogP contribution >= 0.6 is 34.5 Å². The summed E-state index contributed by atoms with van der Waals surface area (Å²) >= 11 is 14.1. The van der Waals surface area contributed by atoms with Crippen LogP contribution in [-0.2, 0) is 4.74 Å². The number of carbonyl (C=O) groups is 1. The normalized spacial score (nSPS) is 12.8. The Morgan fingerprint density at radius 3 is 2.67 bits per heavy atom. The lowest BCUT2D eigenvalue weighted by molar-refractivity contribution is 0.0402. The highest BCUT2D eigenvalue weighted by Gasteiger charge is 2.24. The Hall–Kier alpha value is -3.73. The number of benzene rings is 2. The highest BCUT2D eigenvalue weighted by Crippen LogP contribution is 2.41. The molecule has 1 amide bonds. The van der Waals surface area contributed by atoms with Crippen molar-refractivity contribution >= 4 is 67.4 Å². The lowest BCUT2D eigenvalue weighted by Crippen LogP contribution is -2.32. The van der Waals surface area contributed by atoms with Gasteiger partial charge >= 0.3 is 6.09 Å². The molecule has 3 heterocycles. The van der Waals surface area contributed by atoms with Crippen molar-refractivity contribution in [3.05, 3.63) is 70.9 Å². The largest absolute Gasteiger partial charge is 0.495 e. The quantitative estimate of drug-likeness (QED) is 0.208. The Bertz CT molecular complexity index is 1690. The van der Waals surface area contributed by atoms with Gasteiger partial charge in [-0.25, -0.2) is 14.2 Å². The lowest BCUT2D eigenvalue weighted by Gasteiger charge is -2.22. The number of nitrogens with one attached hydrogen (secondary N) is 1. The van der Waals surface area contributed by atoms with Gasteiger partial charge in [-0.15, -0.1) is 11.3 Å². The highest BCUT2D eigenvalue weighted by atomic mass is 35.5. The molecule has 5 aromatic rings. The molecule has 0 aliphatic carbocycles. The van der Waals surface area contributed by atoms with E-state index >= 15 is 4.39 Å². The second-order valence-corrected chi connectivity index (χ2v) is 10.4. The van der Waals surface area contributed by atoms with Crippen LogP contribution in [0.1, 0.15) is 13.8 Å². The minimum absolute atomic E-state index is 0.0860. The molecule has 0 fully saturated rings. The van der Waals surface area contributed by atoms with Gasteiger partial charge in [0.2, 0.25) is 0 Å². The van der Waals surface area contributed by atoms with Crippen molar-refractivity contribution in [1.82, 2.24) is 15.0 Å². The van der Waals surface area contributed by atoms with E-state index in [1.165, 1.54) is 23.6 Å². The second kappa shape index (κ2) is 11.2. The molecule has 0 spiro atoms. The van der Waals surface area contributed by atoms with Gasteiger partial charge in [-0.05, 0) is 44.2 Å². The van der Waals surface area contributed by atoms with Crippen molar-refractivity contribution in [2.45, 2.75) is 26.1 Å². The third-order valence-electron chi connectivity index (χ3n) is 5.90. The molecule has 2 atom stereocenters. The number of ether oxygens (including phenoxy) is 3. The number of thiazole rings is 1. The number of carbonyl (C=O) groups excluding carboxylic acids is 1. The molecule has 12 heteroatoms. The fourth-order valence-corrected chi connectivity index (χ4v) is 5.34. The van der Waals surface area contributed by atoms with Crippen LogP contribution in [0.3, 0.4) is 0 Å². The standard InChI is InChI=1S/C27H21Cl2FN4O4S/c1-13(14(2)38-27(35)33-17-5-4-6-31-11-17)37-20-10-21-25(22(29)23(20)30)34-26(39-21)19-9-16(28)7-15-8-18(36-3)12-32-24(15)19/h4-14H,1-3H3,(H,33,35)/t13-,14+/m0/s1. The maximum atomic E-state index is 15.3. The van der Waals surface area contributed by atoms with Gasteiger partial charge in [0.1, 0.15) is 33.5 Å². The van der Waals surface area contributed by atoms with Gasteiger partial charge in [-0.1, -0.05) is 23.2 Å². The molecule has 3 aromatic heterocycles. The third kappa shape index (κ3) is 5.68. The molecule has 0 aliphatic rings. The Balaban J connectivity index is 1.40. The van der Waals surface area contributed by atoms with E-state index in [2.05, 4.69) is 20.3 Å². The number of fused-ring (bicyclic) bond motifs is 2. The zero-order chi connectivity index (χ0) is 27.7. The summed E-state index contributed by atoms with van der Waals surface area (Å²) in [6, 6.07) is 10.2. The first kappa shape index (κ1) is 26.9. The van der Waals surface area contributed by atoms with Crippen molar-refractivity contribution in [1.29, 1.82) is 0 Å². The van der Waals surface area contributed by atoms with Crippen LogP contribution in [0, 0.1) is 5.82 Å². The molecule has 0 saturated heterocycles. The van der Waals surface area contributed by atoms with E-state index in [0.29, 0.717) is 37.2 Å². The summed E-state index contributed by atoms with van der Waals surface area (Å²) in [5.74, 6) is -0.260. The number of hydrogen-bond acceptors (Lipinski definition) is 8. The number of pyridine rings is 2. The first-order valence-corrected chi connectivity index (χ1v) is 13.3. The van der Waals surface area contributed by atoms with Crippen LogP contribution in [0.15, 0.2) is 55.0 Å². The minimum atomic E-state index is -0.765. The van der Waals surface area contributed by atoms with Crippen LogP contribution in [0.5, 0.6) is 11.5 Å². The first-order chi connectivity index (χ1) is 18.7. The average molecular weight is 587 g/mol. The molecule has 2 aromatic carbocycles. The van der Waals surface area contributed by atoms with Crippen molar-refractivity contribution in [2.24, 2.45) is 0 Å². The lowest BCUT2D eigenvalue weighted by atomic mass is 10.1. The molecule has 0 radical (unpaired) electrons. The van der Waals surface area contributed by atoms with E-state index in [9.17, 15) is 4.79 Å². The van der Waals surface area contributed by atoms with E-state index in [4.69, 9.17) is 37.4 Å². The predicted molar refractivity (Wildman–Crippen MR) is 151 cm³/mol. The Morgan fingerprint density at radius 1 is 1.10 bits per heavy atom. The molecular weight excluding hydrogens is 566 g/mol. The van der Waals surface area contributed by atoms with Crippen LogP contribution in [0.2, 0.25) is 10.0 Å². The number of aromatic nitrogens is 3. The molecule has 1 N–H and O–H groups in total. The molecule has 0 bridgehead atoms. The summed E-state index contributed by atoms with van der Waals surface area (Å²) in [6.45, 7) is 3.30. The Labute approximate surface area is 236 Å². The maximum Gasteiger partial charge on any atom is 0.412 e. The molecule has 39 heavy (non-hydrogen) atoms. The monoisotopic (exact) mass is 586 g/mol. The SMILES string of the molecule is COc1cnc2c(-c3nc4c(Cl)c(F)c(O[C@@H](C)[C@@H](C)OC(=O)Nc5cccnc5)cc4s3)cc(Cl)cc2c1. The van der Waals surface area contributed by atoms with Crippen LogP contribution in [0.4, 0.5) is 14.9 Å². The van der Waals surface area contributed by atoms with E-state index in [1.807, 2.05) is 6.07 Å². The summed E-state index contributed by atoms with van der Waals surface area (Å²) in [5, 5.41) is 4.22. The van der Waals surface area contributed by atoms with E-state index in [-0.39, 0.29) is 16.3 Å². The van der Waals surface area contributed by atoms with Crippen molar-refractivity contribution in [2.75, 3.05) is 12.4 Å². The molecular formula is C27H21Cl2FN4O4S. The first-order valence-electron chi connectivity index (χ1n) is 11.7. The number of halogens is 3. The number of hydrogen-bond donors (Lipinski definition) is 1. The molecule has 8 nitrogen and oxygen atoms in total. The van der Waals surface area contributed by atoms with Gasteiger partial charge in [0, 0.05) is 28.2 Å². The topological polar surface area (TPSA) is 95.5 Å². The summed E-state index contributed by atoms with van der Waals surface area (Å²) in [6.07, 6.45) is 2.58. The summed E-state index contributed by atoms with van der Waals surface area (Å²) < 4.78 is 32.3. The predicted octanol–water partition coefficient (Wildman–Crippen LogP) is 7.77. The number of rotatable bonds is 7.